The third kappa shape index (κ3) is 5.35. The van der Waals surface area contributed by atoms with Gasteiger partial charge < -0.3 is 10.6 Å². The van der Waals surface area contributed by atoms with Crippen molar-refractivity contribution in [2.45, 2.75) is 19.8 Å². The zero-order chi connectivity index (χ0) is 21.8. The predicted molar refractivity (Wildman–Crippen MR) is 130 cm³/mol. The van der Waals surface area contributed by atoms with Crippen molar-refractivity contribution in [3.05, 3.63) is 77.9 Å². The highest BCUT2D eigenvalue weighted by atomic mass is 32.1. The molecule has 1 fully saturated rings. The minimum atomic E-state index is -0.320. The molecule has 0 spiro atoms. The number of hydrogen-bond donors (Lipinski definition) is 3. The van der Waals surface area contributed by atoms with E-state index in [0.717, 1.165) is 40.4 Å². The number of hydrogen-bond acceptors (Lipinski definition) is 3. The Bertz CT molecular complexity index is 1190. The van der Waals surface area contributed by atoms with Crippen LogP contribution in [0.15, 0.2) is 66.7 Å². The van der Waals surface area contributed by atoms with E-state index in [-0.39, 0.29) is 22.8 Å². The number of carbonyl (C=O) groups excluding carboxylic acids is 2. The standard InChI is InChI=1S/C25H23N3O2S/c1-16-9-13-20(15-22(16)27-24(30)19-10-11-19)26-25(31)28-23(29)14-12-18-7-4-6-17-5-2-3-8-21(17)18/h2-9,12-15,19H,10-11H2,1H3,(H,27,30)(H2,26,28,29,31)/b14-12+. The molecule has 3 N–H and O–H groups in total. The van der Waals surface area contributed by atoms with E-state index >= 15 is 0 Å². The number of rotatable bonds is 5. The molecular formula is C25H23N3O2S. The lowest BCUT2D eigenvalue weighted by molar-refractivity contribution is -0.117. The van der Waals surface area contributed by atoms with Gasteiger partial charge in [0.1, 0.15) is 0 Å². The fourth-order valence-corrected chi connectivity index (χ4v) is 3.51. The second-order valence-electron chi connectivity index (χ2n) is 7.64. The molecule has 0 unspecified atom stereocenters. The largest absolute Gasteiger partial charge is 0.332 e. The van der Waals surface area contributed by atoms with Crippen molar-refractivity contribution in [1.82, 2.24) is 5.32 Å². The van der Waals surface area contributed by atoms with Crippen molar-refractivity contribution >= 4 is 57.4 Å². The van der Waals surface area contributed by atoms with Gasteiger partial charge in [-0.15, -0.1) is 0 Å². The molecule has 0 radical (unpaired) electrons. The zero-order valence-electron chi connectivity index (χ0n) is 17.1. The molecule has 31 heavy (non-hydrogen) atoms. The number of thiocarbonyl (C=S) groups is 1. The van der Waals surface area contributed by atoms with E-state index in [0.29, 0.717) is 5.69 Å². The molecule has 3 aromatic carbocycles. The first-order valence-corrected chi connectivity index (χ1v) is 10.6. The number of fused-ring (bicyclic) bond motifs is 1. The number of nitrogens with one attached hydrogen (secondary N) is 3. The monoisotopic (exact) mass is 429 g/mol. The number of carbonyl (C=O) groups is 2. The predicted octanol–water partition coefficient (Wildman–Crippen LogP) is 5.02. The molecule has 1 aliphatic rings. The van der Waals surface area contributed by atoms with Gasteiger partial charge in [0.05, 0.1) is 0 Å². The zero-order valence-corrected chi connectivity index (χ0v) is 18.0. The summed E-state index contributed by atoms with van der Waals surface area (Å²) in [6.45, 7) is 1.93. The maximum Gasteiger partial charge on any atom is 0.250 e. The Balaban J connectivity index is 1.37. The molecule has 5 nitrogen and oxygen atoms in total. The summed E-state index contributed by atoms with van der Waals surface area (Å²) < 4.78 is 0. The highest BCUT2D eigenvalue weighted by Gasteiger charge is 2.29. The van der Waals surface area contributed by atoms with Crippen LogP contribution in [0.4, 0.5) is 11.4 Å². The SMILES string of the molecule is Cc1ccc(NC(=S)NC(=O)/C=C/c2cccc3ccccc23)cc1NC(=O)C1CC1. The van der Waals surface area contributed by atoms with E-state index in [9.17, 15) is 9.59 Å². The van der Waals surface area contributed by atoms with Gasteiger partial charge in [0.2, 0.25) is 11.8 Å². The summed E-state index contributed by atoms with van der Waals surface area (Å²) >= 11 is 5.27. The first-order valence-electron chi connectivity index (χ1n) is 10.2. The van der Waals surface area contributed by atoms with Crippen LogP contribution in [0.1, 0.15) is 24.0 Å². The van der Waals surface area contributed by atoms with Gasteiger partial charge in [-0.1, -0.05) is 48.5 Å². The van der Waals surface area contributed by atoms with Gasteiger partial charge in [0, 0.05) is 23.4 Å². The van der Waals surface area contributed by atoms with Crippen LogP contribution in [-0.2, 0) is 9.59 Å². The molecular weight excluding hydrogens is 406 g/mol. The first-order chi connectivity index (χ1) is 15.0. The molecule has 1 aliphatic carbocycles. The van der Waals surface area contributed by atoms with Crippen LogP contribution >= 0.6 is 12.2 Å². The van der Waals surface area contributed by atoms with Gasteiger partial charge in [0.15, 0.2) is 5.11 Å². The van der Waals surface area contributed by atoms with Crippen LogP contribution in [0.2, 0.25) is 0 Å². The van der Waals surface area contributed by atoms with Crippen molar-refractivity contribution in [3.63, 3.8) is 0 Å². The summed E-state index contributed by atoms with van der Waals surface area (Å²) in [5.41, 5.74) is 3.36. The number of anilines is 2. The van der Waals surface area contributed by atoms with Crippen LogP contribution in [0.25, 0.3) is 16.8 Å². The van der Waals surface area contributed by atoms with Crippen molar-refractivity contribution in [2.75, 3.05) is 10.6 Å². The van der Waals surface area contributed by atoms with E-state index in [1.54, 1.807) is 6.08 Å². The van der Waals surface area contributed by atoms with Crippen molar-refractivity contribution in [3.8, 4) is 0 Å². The lowest BCUT2D eigenvalue weighted by Gasteiger charge is -2.12. The van der Waals surface area contributed by atoms with Gasteiger partial charge >= 0.3 is 0 Å². The molecule has 1 saturated carbocycles. The normalized spacial score (nSPS) is 13.2. The van der Waals surface area contributed by atoms with Gasteiger partial charge in [-0.25, -0.2) is 0 Å². The third-order valence-electron chi connectivity index (χ3n) is 5.18. The van der Waals surface area contributed by atoms with Crippen LogP contribution < -0.4 is 16.0 Å². The van der Waals surface area contributed by atoms with Crippen molar-refractivity contribution in [1.29, 1.82) is 0 Å². The quantitative estimate of drug-likeness (QED) is 0.393. The summed E-state index contributed by atoms with van der Waals surface area (Å²) in [5.74, 6) is -0.139. The second kappa shape index (κ2) is 9.10. The Morgan fingerprint density at radius 2 is 1.77 bits per heavy atom. The van der Waals surface area contributed by atoms with Crippen LogP contribution in [0, 0.1) is 12.8 Å². The van der Waals surface area contributed by atoms with E-state index in [4.69, 9.17) is 12.2 Å². The van der Waals surface area contributed by atoms with Gasteiger partial charge in [0.25, 0.3) is 0 Å². The molecule has 0 atom stereocenters. The average Bonchev–Trinajstić information content (AvgIpc) is 3.60. The Hall–Kier alpha value is -3.51. The molecule has 0 aliphatic heterocycles. The van der Waals surface area contributed by atoms with E-state index in [2.05, 4.69) is 16.0 Å². The minimum Gasteiger partial charge on any atom is -0.332 e. The van der Waals surface area contributed by atoms with Gasteiger partial charge in [-0.05, 0) is 72.1 Å². The molecule has 2 amide bonds. The Morgan fingerprint density at radius 3 is 2.58 bits per heavy atom. The van der Waals surface area contributed by atoms with Crippen molar-refractivity contribution < 1.29 is 9.59 Å². The van der Waals surface area contributed by atoms with E-state index < -0.39 is 0 Å². The summed E-state index contributed by atoms with van der Waals surface area (Å²) in [4.78, 5) is 24.4. The Labute approximate surface area is 186 Å². The van der Waals surface area contributed by atoms with Crippen LogP contribution in [0.3, 0.4) is 0 Å². The maximum atomic E-state index is 12.3. The molecule has 0 aromatic heterocycles. The summed E-state index contributed by atoms with van der Waals surface area (Å²) in [5, 5.41) is 11.0. The summed E-state index contributed by atoms with van der Waals surface area (Å²) in [6, 6.07) is 19.6. The summed E-state index contributed by atoms with van der Waals surface area (Å²) in [7, 11) is 0. The molecule has 4 rings (SSSR count). The average molecular weight is 430 g/mol. The highest BCUT2D eigenvalue weighted by Crippen LogP contribution is 2.31. The fraction of sp³-hybridized carbons (Fsp3) is 0.160. The highest BCUT2D eigenvalue weighted by molar-refractivity contribution is 7.80. The fourth-order valence-electron chi connectivity index (χ4n) is 3.29. The molecule has 156 valence electrons. The smallest absolute Gasteiger partial charge is 0.250 e. The van der Waals surface area contributed by atoms with Gasteiger partial charge in [-0.3, -0.25) is 14.9 Å². The first kappa shape index (κ1) is 20.8. The second-order valence-corrected chi connectivity index (χ2v) is 8.05. The van der Waals surface area contributed by atoms with Gasteiger partial charge in [-0.2, -0.15) is 0 Å². The van der Waals surface area contributed by atoms with Crippen molar-refractivity contribution in [2.24, 2.45) is 5.92 Å². The molecule has 3 aromatic rings. The molecule has 0 saturated heterocycles. The van der Waals surface area contributed by atoms with Crippen LogP contribution in [0.5, 0.6) is 0 Å². The minimum absolute atomic E-state index is 0.0507. The number of amides is 2. The molecule has 0 heterocycles. The lowest BCUT2D eigenvalue weighted by Crippen LogP contribution is -2.32. The topological polar surface area (TPSA) is 70.2 Å². The third-order valence-corrected chi connectivity index (χ3v) is 5.38. The molecule has 0 bridgehead atoms. The van der Waals surface area contributed by atoms with Crippen LogP contribution in [-0.4, -0.2) is 16.9 Å². The Morgan fingerprint density at radius 1 is 1.00 bits per heavy atom. The maximum absolute atomic E-state index is 12.3. The van der Waals surface area contributed by atoms with E-state index in [1.165, 1.54) is 6.08 Å². The lowest BCUT2D eigenvalue weighted by atomic mass is 10.0. The Kier molecular flexibility index (Phi) is 6.09. The molecule has 6 heteroatoms. The van der Waals surface area contributed by atoms with E-state index in [1.807, 2.05) is 67.6 Å². The number of aryl methyl sites for hydroxylation is 1. The summed E-state index contributed by atoms with van der Waals surface area (Å²) in [6.07, 6.45) is 5.14. The number of benzene rings is 3.